The van der Waals surface area contributed by atoms with Crippen molar-refractivity contribution in [2.45, 2.75) is 50.7 Å². The lowest BCUT2D eigenvalue weighted by Crippen LogP contribution is -2.33. The summed E-state index contributed by atoms with van der Waals surface area (Å²) in [5.41, 5.74) is 1.27. The summed E-state index contributed by atoms with van der Waals surface area (Å²) in [4.78, 5) is 1.29. The predicted molar refractivity (Wildman–Crippen MR) is 84.7 cm³/mol. The largest absolute Gasteiger partial charge is 0.392 e. The number of hydrogen-bond acceptors (Lipinski definition) is 3. The summed E-state index contributed by atoms with van der Waals surface area (Å²) in [7, 11) is 0. The minimum Gasteiger partial charge on any atom is -0.392 e. The molecule has 2 atom stereocenters. The molecule has 0 saturated heterocycles. The van der Waals surface area contributed by atoms with Crippen molar-refractivity contribution >= 4 is 11.8 Å². The van der Waals surface area contributed by atoms with E-state index < -0.39 is 0 Å². The highest BCUT2D eigenvalue weighted by Crippen LogP contribution is 2.19. The normalized spacial score (nSPS) is 14.6. The van der Waals surface area contributed by atoms with Crippen molar-refractivity contribution in [1.82, 2.24) is 5.32 Å². The van der Waals surface area contributed by atoms with Gasteiger partial charge in [0.15, 0.2) is 0 Å². The molecule has 1 aromatic rings. The lowest BCUT2D eigenvalue weighted by molar-refractivity contribution is 0.0989. The molecule has 1 rings (SSSR count). The molecule has 108 valence electrons. The minimum absolute atomic E-state index is 0.247. The van der Waals surface area contributed by atoms with Crippen molar-refractivity contribution in [1.29, 1.82) is 0 Å². The van der Waals surface area contributed by atoms with E-state index in [1.165, 1.54) is 10.5 Å². The van der Waals surface area contributed by atoms with Crippen molar-refractivity contribution in [3.05, 3.63) is 29.8 Å². The Labute approximate surface area is 122 Å². The van der Waals surface area contributed by atoms with Crippen LogP contribution in [0.3, 0.4) is 0 Å². The molecule has 19 heavy (non-hydrogen) atoms. The Balaban J connectivity index is 2.47. The molecule has 0 heterocycles. The summed E-state index contributed by atoms with van der Waals surface area (Å²) in [6, 6.07) is 8.89. The lowest BCUT2D eigenvalue weighted by atomic mass is 9.96. The summed E-state index contributed by atoms with van der Waals surface area (Å²) in [6.45, 7) is 7.09. The van der Waals surface area contributed by atoms with Gasteiger partial charge in [0.2, 0.25) is 0 Å². The standard InChI is InChI=1S/C16H27NOS/c1-5-13(6-2)16(18)11-17-12(3)14-7-9-15(19-4)10-8-14/h7-10,12-13,16-18H,5-6,11H2,1-4H3. The molecule has 0 fully saturated rings. The summed E-state index contributed by atoms with van der Waals surface area (Å²) < 4.78 is 0. The van der Waals surface area contributed by atoms with E-state index in [0.717, 1.165) is 12.8 Å². The summed E-state index contributed by atoms with van der Waals surface area (Å²) in [5.74, 6) is 0.401. The molecule has 0 saturated carbocycles. The highest BCUT2D eigenvalue weighted by molar-refractivity contribution is 7.98. The van der Waals surface area contributed by atoms with Crippen LogP contribution in [0.15, 0.2) is 29.2 Å². The van der Waals surface area contributed by atoms with Crippen LogP contribution in [0.5, 0.6) is 0 Å². The average molecular weight is 281 g/mol. The van der Waals surface area contributed by atoms with Crippen LogP contribution in [0.1, 0.15) is 45.2 Å². The highest BCUT2D eigenvalue weighted by Gasteiger charge is 2.16. The zero-order valence-corrected chi connectivity index (χ0v) is 13.3. The van der Waals surface area contributed by atoms with Crippen molar-refractivity contribution in [2.24, 2.45) is 5.92 Å². The van der Waals surface area contributed by atoms with Gasteiger partial charge in [0, 0.05) is 17.5 Å². The zero-order valence-electron chi connectivity index (χ0n) is 12.5. The molecule has 0 aliphatic rings. The molecule has 0 spiro atoms. The fourth-order valence-corrected chi connectivity index (χ4v) is 2.72. The van der Waals surface area contributed by atoms with Crippen LogP contribution in [-0.2, 0) is 0 Å². The van der Waals surface area contributed by atoms with Crippen molar-refractivity contribution in [3.8, 4) is 0 Å². The zero-order chi connectivity index (χ0) is 14.3. The molecule has 0 radical (unpaired) electrons. The number of hydrogen-bond donors (Lipinski definition) is 2. The highest BCUT2D eigenvalue weighted by atomic mass is 32.2. The molecule has 2 unspecified atom stereocenters. The smallest absolute Gasteiger partial charge is 0.0692 e. The molecule has 0 amide bonds. The molecule has 2 nitrogen and oxygen atoms in total. The van der Waals surface area contributed by atoms with E-state index in [9.17, 15) is 5.11 Å². The molecular formula is C16H27NOS. The molecule has 0 aromatic heterocycles. The summed E-state index contributed by atoms with van der Waals surface area (Å²) in [6.07, 6.45) is 3.91. The number of aliphatic hydroxyl groups excluding tert-OH is 1. The van der Waals surface area contributed by atoms with Crippen LogP contribution in [0.2, 0.25) is 0 Å². The van der Waals surface area contributed by atoms with Gasteiger partial charge in [-0.15, -0.1) is 11.8 Å². The first-order valence-electron chi connectivity index (χ1n) is 7.17. The van der Waals surface area contributed by atoms with Crippen molar-refractivity contribution in [2.75, 3.05) is 12.8 Å². The van der Waals surface area contributed by atoms with Crippen molar-refractivity contribution in [3.63, 3.8) is 0 Å². The molecule has 1 aromatic carbocycles. The number of rotatable bonds is 8. The van der Waals surface area contributed by atoms with Gasteiger partial charge < -0.3 is 10.4 Å². The van der Waals surface area contributed by atoms with Crippen LogP contribution in [0, 0.1) is 5.92 Å². The van der Waals surface area contributed by atoms with Crippen LogP contribution in [0.4, 0.5) is 0 Å². The van der Waals surface area contributed by atoms with Gasteiger partial charge in [-0.1, -0.05) is 38.8 Å². The van der Waals surface area contributed by atoms with Gasteiger partial charge >= 0.3 is 0 Å². The van der Waals surface area contributed by atoms with E-state index in [4.69, 9.17) is 0 Å². The SMILES string of the molecule is CCC(CC)C(O)CNC(C)c1ccc(SC)cc1. The number of benzene rings is 1. The maximum atomic E-state index is 10.1. The van der Waals surface area contributed by atoms with Crippen molar-refractivity contribution < 1.29 is 5.11 Å². The van der Waals surface area contributed by atoms with Gasteiger partial charge in [-0.05, 0) is 36.8 Å². The van der Waals surface area contributed by atoms with E-state index in [1.807, 2.05) is 0 Å². The molecule has 3 heteroatoms. The summed E-state index contributed by atoms with van der Waals surface area (Å²) in [5, 5.41) is 13.5. The fourth-order valence-electron chi connectivity index (χ4n) is 2.31. The molecule has 0 aliphatic carbocycles. The Kier molecular flexibility index (Phi) is 7.51. The Morgan fingerprint density at radius 3 is 2.21 bits per heavy atom. The van der Waals surface area contributed by atoms with Gasteiger partial charge in [-0.25, -0.2) is 0 Å². The topological polar surface area (TPSA) is 32.3 Å². The Morgan fingerprint density at radius 2 is 1.74 bits per heavy atom. The first-order valence-corrected chi connectivity index (χ1v) is 8.40. The van der Waals surface area contributed by atoms with Gasteiger partial charge in [0.05, 0.1) is 6.10 Å². The molecule has 0 aliphatic heterocycles. The molecule has 0 bridgehead atoms. The first kappa shape index (κ1) is 16.5. The Bertz CT molecular complexity index is 348. The predicted octanol–water partition coefficient (Wildman–Crippen LogP) is 3.86. The van der Waals surface area contributed by atoms with Gasteiger partial charge in [0.1, 0.15) is 0 Å². The second-order valence-corrected chi connectivity index (χ2v) is 5.93. The van der Waals surface area contributed by atoms with E-state index in [1.54, 1.807) is 11.8 Å². The maximum absolute atomic E-state index is 10.1. The fraction of sp³-hybridized carbons (Fsp3) is 0.625. The van der Waals surface area contributed by atoms with Crippen LogP contribution >= 0.6 is 11.8 Å². The average Bonchev–Trinajstić information content (AvgIpc) is 2.46. The van der Waals surface area contributed by atoms with Gasteiger partial charge in [-0.2, -0.15) is 0 Å². The number of nitrogens with one attached hydrogen (secondary N) is 1. The molecule has 2 N–H and O–H groups in total. The maximum Gasteiger partial charge on any atom is 0.0692 e. The lowest BCUT2D eigenvalue weighted by Gasteiger charge is -2.23. The quantitative estimate of drug-likeness (QED) is 0.710. The van der Waals surface area contributed by atoms with E-state index in [2.05, 4.69) is 56.6 Å². The van der Waals surface area contributed by atoms with Crippen LogP contribution in [-0.4, -0.2) is 24.0 Å². The minimum atomic E-state index is -0.247. The van der Waals surface area contributed by atoms with Crippen LogP contribution < -0.4 is 5.32 Å². The second-order valence-electron chi connectivity index (χ2n) is 5.05. The van der Waals surface area contributed by atoms with Crippen LogP contribution in [0.25, 0.3) is 0 Å². The monoisotopic (exact) mass is 281 g/mol. The third-order valence-electron chi connectivity index (χ3n) is 3.84. The van der Waals surface area contributed by atoms with E-state index in [0.29, 0.717) is 12.5 Å². The Morgan fingerprint density at radius 1 is 1.16 bits per heavy atom. The Hall–Kier alpha value is -0.510. The van der Waals surface area contributed by atoms with E-state index in [-0.39, 0.29) is 12.1 Å². The number of thioether (sulfide) groups is 1. The third kappa shape index (κ3) is 5.17. The second kappa shape index (κ2) is 8.62. The van der Waals surface area contributed by atoms with E-state index >= 15 is 0 Å². The third-order valence-corrected chi connectivity index (χ3v) is 4.59. The number of aliphatic hydroxyl groups is 1. The first-order chi connectivity index (χ1) is 9.12. The van der Waals surface area contributed by atoms with Gasteiger partial charge in [0.25, 0.3) is 0 Å². The van der Waals surface area contributed by atoms with Gasteiger partial charge in [-0.3, -0.25) is 0 Å². The molecular weight excluding hydrogens is 254 g/mol. The summed E-state index contributed by atoms with van der Waals surface area (Å²) >= 11 is 1.76.